The van der Waals surface area contributed by atoms with Gasteiger partial charge in [0.15, 0.2) is 5.67 Å². The van der Waals surface area contributed by atoms with Crippen molar-refractivity contribution in [3.05, 3.63) is 70.5 Å². The van der Waals surface area contributed by atoms with Crippen LogP contribution >= 0.6 is 0 Å². The third-order valence-corrected chi connectivity index (χ3v) is 9.65. The standard InChI is InChI=1S/C29H26F5N3O4S/c1-42(40,41)36-14-28(31,15-36)19-4-2-3-18(11-19)27(39)37-23-10-7-17(23)12-24(37)26(38)35-25(16-5-6-16)21-9-8-20(13-22(21)30)29(32,33)34/h2-4,8-9,11,13,16-17,23-25H,5-6,12,14-15H2,1H3,(H,35,38)/t17-,23-,24-,25-/m1/s1. The summed E-state index contributed by atoms with van der Waals surface area (Å²) in [4.78, 5) is 28.7. The monoisotopic (exact) mass is 607 g/mol. The minimum absolute atomic E-state index is 0.0569. The van der Waals surface area contributed by atoms with E-state index in [4.69, 9.17) is 0 Å². The Hall–Kier alpha value is -3.50. The van der Waals surface area contributed by atoms with Crippen molar-refractivity contribution >= 4 is 21.8 Å². The number of nitrogens with zero attached hydrogens (tertiary/aromatic N) is 2. The first-order chi connectivity index (χ1) is 19.7. The van der Waals surface area contributed by atoms with Crippen LogP contribution in [0.5, 0.6) is 0 Å². The molecule has 0 unspecified atom stereocenters. The lowest BCUT2D eigenvalue weighted by Gasteiger charge is -2.43. The molecule has 0 aromatic heterocycles. The van der Waals surface area contributed by atoms with Crippen LogP contribution in [0, 0.1) is 29.5 Å². The molecule has 1 N–H and O–H groups in total. The Balaban J connectivity index is 1.22. The van der Waals surface area contributed by atoms with Crippen LogP contribution in [0.15, 0.2) is 42.5 Å². The van der Waals surface area contributed by atoms with Gasteiger partial charge in [0.05, 0.1) is 36.9 Å². The van der Waals surface area contributed by atoms with Gasteiger partial charge in [0.1, 0.15) is 17.9 Å². The Labute approximate surface area is 239 Å². The number of alkyl halides is 4. The molecule has 42 heavy (non-hydrogen) atoms. The highest BCUT2D eigenvalue weighted by Gasteiger charge is 2.51. The van der Waals surface area contributed by atoms with E-state index in [9.17, 15) is 35.6 Å². The first-order valence-corrected chi connectivity index (χ1v) is 15.3. The molecule has 2 aliphatic carbocycles. The van der Waals surface area contributed by atoms with Gasteiger partial charge in [-0.15, -0.1) is 0 Å². The first-order valence-electron chi connectivity index (χ1n) is 13.4. The predicted octanol–water partition coefficient (Wildman–Crippen LogP) is 3.77. The van der Waals surface area contributed by atoms with Gasteiger partial charge in [-0.25, -0.2) is 17.2 Å². The number of likely N-dealkylation sites (tertiary alicyclic amines) is 1. The minimum Gasteiger partial charge on any atom is -0.347 e. The SMILES string of the molecule is CS(=O)(=O)N1CC(F)(c2cccc(C(=O)N3[C@@H](C(=O)N[C@@H](c4ccc(C(F)(F)F)cc4F)C4CC4)C[C@H]4C#C[C@H]43)c2)C1. The van der Waals surface area contributed by atoms with Crippen LogP contribution in [0.25, 0.3) is 0 Å². The third-order valence-electron chi connectivity index (χ3n) is 8.45. The van der Waals surface area contributed by atoms with E-state index in [-0.39, 0.29) is 48.0 Å². The molecule has 2 heterocycles. The van der Waals surface area contributed by atoms with Crippen LogP contribution < -0.4 is 5.32 Å². The second kappa shape index (κ2) is 9.77. The second-order valence-corrected chi connectivity index (χ2v) is 13.4. The highest BCUT2D eigenvalue weighted by molar-refractivity contribution is 7.88. The van der Waals surface area contributed by atoms with Crippen LogP contribution in [0.1, 0.15) is 52.4 Å². The molecule has 2 aliphatic heterocycles. The van der Waals surface area contributed by atoms with Gasteiger partial charge in [-0.1, -0.05) is 30.0 Å². The number of hydrogen-bond acceptors (Lipinski definition) is 4. The number of benzene rings is 2. The van der Waals surface area contributed by atoms with E-state index in [1.165, 1.54) is 29.2 Å². The summed E-state index contributed by atoms with van der Waals surface area (Å²) in [5.74, 6) is 3.18. The van der Waals surface area contributed by atoms with Crippen molar-refractivity contribution in [2.45, 2.75) is 49.2 Å². The maximum absolute atomic E-state index is 15.5. The number of carbonyl (C=O) groups excluding carboxylic acids is 2. The molecule has 2 aromatic rings. The lowest BCUT2D eigenvalue weighted by Crippen LogP contribution is -2.58. The van der Waals surface area contributed by atoms with E-state index in [0.29, 0.717) is 18.9 Å². The predicted molar refractivity (Wildman–Crippen MR) is 140 cm³/mol. The maximum atomic E-state index is 15.5. The third kappa shape index (κ3) is 5.04. The fourth-order valence-corrected chi connectivity index (χ4v) is 6.75. The summed E-state index contributed by atoms with van der Waals surface area (Å²) in [6.07, 6.45) is -2.20. The highest BCUT2D eigenvalue weighted by atomic mass is 32.2. The minimum atomic E-state index is -4.72. The smallest absolute Gasteiger partial charge is 0.347 e. The summed E-state index contributed by atoms with van der Waals surface area (Å²) < 4.78 is 94.0. The number of rotatable bonds is 7. The number of carbonyl (C=O) groups is 2. The van der Waals surface area contributed by atoms with Gasteiger partial charge in [-0.2, -0.15) is 17.5 Å². The average Bonchev–Trinajstić information content (AvgIpc) is 3.69. The van der Waals surface area contributed by atoms with E-state index >= 15 is 4.39 Å². The summed E-state index contributed by atoms with van der Waals surface area (Å²) in [6, 6.07) is 5.58. The van der Waals surface area contributed by atoms with Gasteiger partial charge < -0.3 is 10.2 Å². The number of nitrogens with one attached hydrogen (secondary N) is 1. The molecule has 2 aromatic carbocycles. The fourth-order valence-electron chi connectivity index (χ4n) is 5.87. The van der Waals surface area contributed by atoms with E-state index in [2.05, 4.69) is 17.2 Å². The Bertz CT molecular complexity index is 1640. The fraction of sp³-hybridized carbons (Fsp3) is 0.448. The quantitative estimate of drug-likeness (QED) is 0.384. The number of halogens is 5. The van der Waals surface area contributed by atoms with Crippen molar-refractivity contribution in [2.24, 2.45) is 11.8 Å². The summed E-state index contributed by atoms with van der Waals surface area (Å²) in [7, 11) is -3.57. The zero-order chi connectivity index (χ0) is 30.2. The van der Waals surface area contributed by atoms with Gasteiger partial charge in [0.2, 0.25) is 15.9 Å². The largest absolute Gasteiger partial charge is 0.416 e. The molecular formula is C29H26F5N3O4S. The van der Waals surface area contributed by atoms with Gasteiger partial charge in [0, 0.05) is 11.1 Å². The van der Waals surface area contributed by atoms with Crippen molar-refractivity contribution in [3.8, 4) is 11.8 Å². The molecule has 2 saturated heterocycles. The summed E-state index contributed by atoms with van der Waals surface area (Å²) in [5, 5.41) is 2.78. The molecule has 7 nitrogen and oxygen atoms in total. The number of hydrogen-bond donors (Lipinski definition) is 1. The number of fused-ring (bicyclic) bond motifs is 1. The summed E-state index contributed by atoms with van der Waals surface area (Å²) in [5.41, 5.74) is -2.92. The van der Waals surface area contributed by atoms with E-state index < -0.39 is 63.2 Å². The average molecular weight is 608 g/mol. The molecule has 2 amide bonds. The Kier molecular flexibility index (Phi) is 6.66. The van der Waals surface area contributed by atoms with Crippen molar-refractivity contribution in [1.82, 2.24) is 14.5 Å². The Morgan fingerprint density at radius 1 is 1.10 bits per heavy atom. The number of sulfonamides is 1. The van der Waals surface area contributed by atoms with Gasteiger partial charge in [-0.05, 0) is 55.0 Å². The van der Waals surface area contributed by atoms with Crippen LogP contribution in [-0.2, 0) is 26.7 Å². The maximum Gasteiger partial charge on any atom is 0.416 e. The molecule has 6 rings (SSSR count). The number of amides is 2. The molecular weight excluding hydrogens is 581 g/mol. The van der Waals surface area contributed by atoms with Gasteiger partial charge in [0.25, 0.3) is 5.91 Å². The molecule has 0 spiro atoms. The van der Waals surface area contributed by atoms with E-state index in [1.54, 1.807) is 0 Å². The molecule has 0 radical (unpaired) electrons. The topological polar surface area (TPSA) is 86.8 Å². The van der Waals surface area contributed by atoms with Crippen molar-refractivity contribution in [3.63, 3.8) is 0 Å². The van der Waals surface area contributed by atoms with Gasteiger partial charge >= 0.3 is 6.18 Å². The molecule has 3 fully saturated rings. The molecule has 1 saturated carbocycles. The van der Waals surface area contributed by atoms with Crippen LogP contribution in [0.3, 0.4) is 0 Å². The second-order valence-electron chi connectivity index (χ2n) is 11.4. The van der Waals surface area contributed by atoms with Crippen molar-refractivity contribution in [2.75, 3.05) is 19.3 Å². The lowest BCUT2D eigenvalue weighted by atomic mass is 9.88. The van der Waals surface area contributed by atoms with Crippen molar-refractivity contribution < 1.29 is 40.0 Å². The molecule has 13 heteroatoms. The van der Waals surface area contributed by atoms with Crippen molar-refractivity contribution in [1.29, 1.82) is 0 Å². The molecule has 4 aliphatic rings. The van der Waals surface area contributed by atoms with Crippen LogP contribution in [0.2, 0.25) is 0 Å². The molecule has 222 valence electrons. The molecule has 4 atom stereocenters. The lowest BCUT2D eigenvalue weighted by molar-refractivity contribution is -0.137. The summed E-state index contributed by atoms with van der Waals surface area (Å²) >= 11 is 0. The van der Waals surface area contributed by atoms with Gasteiger partial charge in [-0.3, -0.25) is 9.59 Å². The zero-order valence-corrected chi connectivity index (χ0v) is 23.1. The highest BCUT2D eigenvalue weighted by Crippen LogP contribution is 2.44. The van der Waals surface area contributed by atoms with Crippen LogP contribution in [-0.4, -0.2) is 60.9 Å². The normalized spacial score (nSPS) is 25.4. The van der Waals surface area contributed by atoms with E-state index in [0.717, 1.165) is 22.7 Å². The molecule has 0 bridgehead atoms. The zero-order valence-electron chi connectivity index (χ0n) is 22.3. The van der Waals surface area contributed by atoms with E-state index in [1.807, 2.05) is 0 Å². The Morgan fingerprint density at radius 3 is 2.38 bits per heavy atom. The Morgan fingerprint density at radius 2 is 1.81 bits per heavy atom. The van der Waals surface area contributed by atoms with Crippen LogP contribution in [0.4, 0.5) is 22.0 Å². The first kappa shape index (κ1) is 28.6. The summed E-state index contributed by atoms with van der Waals surface area (Å²) in [6.45, 7) is -0.755.